The summed E-state index contributed by atoms with van der Waals surface area (Å²) in [5, 5.41) is 12.0. The van der Waals surface area contributed by atoms with Crippen LogP contribution in [0.25, 0.3) is 33.5 Å². The first-order valence-corrected chi connectivity index (χ1v) is 12.9. The third-order valence-corrected chi connectivity index (χ3v) is 7.38. The van der Waals surface area contributed by atoms with Crippen molar-refractivity contribution in [3.63, 3.8) is 0 Å². The van der Waals surface area contributed by atoms with E-state index in [1.54, 1.807) is 10.8 Å². The first-order valence-electron chi connectivity index (χ1n) is 12.9. The molecule has 3 aromatic heterocycles. The second kappa shape index (κ2) is 8.36. The Labute approximate surface area is 224 Å². The number of rotatable bonds is 3. The normalized spacial score (nSPS) is 14.2. The topological polar surface area (TPSA) is 70.1 Å². The van der Waals surface area contributed by atoms with Gasteiger partial charge in [0, 0.05) is 5.56 Å². The van der Waals surface area contributed by atoms with Gasteiger partial charge >= 0.3 is 0 Å². The lowest BCUT2D eigenvalue weighted by molar-refractivity contribution is 0.402. The molecule has 0 bridgehead atoms. The van der Waals surface area contributed by atoms with Crippen molar-refractivity contribution < 1.29 is 4.74 Å². The second-order valence-corrected chi connectivity index (χ2v) is 9.69. The third-order valence-electron chi connectivity index (χ3n) is 7.38. The van der Waals surface area contributed by atoms with Gasteiger partial charge in [0.15, 0.2) is 11.5 Å². The monoisotopic (exact) mass is 506 g/mol. The molecule has 0 spiro atoms. The molecule has 4 heterocycles. The predicted molar refractivity (Wildman–Crippen MR) is 149 cm³/mol. The first kappa shape index (κ1) is 21.8. The van der Waals surface area contributed by atoms with Crippen LogP contribution in [-0.2, 0) is 0 Å². The molecule has 1 unspecified atom stereocenters. The van der Waals surface area contributed by atoms with Crippen molar-refractivity contribution in [1.29, 1.82) is 0 Å². The standard InChI is InChI=1S/C32H22N6O/c1-20-26-27(22-12-4-2-5-13-22)28-30-34-29(25-18-10-14-21-11-8-9-17-24(21)25)36-37(30)19-33-31(28)39-32(26)38(35-20)23-15-6-3-7-16-23/h2-19,27H,1H3. The van der Waals surface area contributed by atoms with Crippen molar-refractivity contribution in [2.45, 2.75) is 12.8 Å². The van der Waals surface area contributed by atoms with Crippen LogP contribution in [0.1, 0.15) is 28.3 Å². The maximum absolute atomic E-state index is 6.54. The smallest absolute Gasteiger partial charge is 0.230 e. The number of hydrogen-bond donors (Lipinski definition) is 0. The van der Waals surface area contributed by atoms with E-state index in [2.05, 4.69) is 48.5 Å². The van der Waals surface area contributed by atoms with Crippen molar-refractivity contribution >= 4 is 16.4 Å². The van der Waals surface area contributed by atoms with Crippen molar-refractivity contribution in [2.24, 2.45) is 0 Å². The minimum atomic E-state index is -0.178. The van der Waals surface area contributed by atoms with Gasteiger partial charge in [-0.15, -0.1) is 5.10 Å². The van der Waals surface area contributed by atoms with Gasteiger partial charge in [-0.2, -0.15) is 5.10 Å². The van der Waals surface area contributed by atoms with Crippen molar-refractivity contribution in [2.75, 3.05) is 0 Å². The van der Waals surface area contributed by atoms with Gasteiger partial charge < -0.3 is 4.74 Å². The molecule has 0 saturated carbocycles. The van der Waals surface area contributed by atoms with E-state index in [4.69, 9.17) is 24.9 Å². The lowest BCUT2D eigenvalue weighted by Crippen LogP contribution is -2.16. The fourth-order valence-corrected chi connectivity index (χ4v) is 5.64. The molecule has 7 aromatic rings. The minimum absolute atomic E-state index is 0.178. The largest absolute Gasteiger partial charge is 0.420 e. The van der Waals surface area contributed by atoms with Gasteiger partial charge in [-0.1, -0.05) is 91.0 Å². The van der Waals surface area contributed by atoms with Crippen LogP contribution in [-0.4, -0.2) is 29.4 Å². The lowest BCUT2D eigenvalue weighted by atomic mass is 9.84. The predicted octanol–water partition coefficient (Wildman–Crippen LogP) is 6.72. The highest BCUT2D eigenvalue weighted by Crippen LogP contribution is 2.49. The Bertz CT molecular complexity index is 2000. The number of hydrogen-bond acceptors (Lipinski definition) is 5. The van der Waals surface area contributed by atoms with Gasteiger partial charge in [0.2, 0.25) is 11.8 Å². The van der Waals surface area contributed by atoms with Crippen LogP contribution in [0, 0.1) is 6.92 Å². The van der Waals surface area contributed by atoms with Gasteiger partial charge in [-0.05, 0) is 35.4 Å². The highest BCUT2D eigenvalue weighted by Gasteiger charge is 2.38. The number of para-hydroxylation sites is 1. The SMILES string of the molecule is Cc1nn(-c2ccccc2)c2c1C(c1ccccc1)c1c(ncn3nc(-c4cccc5ccccc45)nc13)O2. The van der Waals surface area contributed by atoms with Crippen molar-refractivity contribution in [3.05, 3.63) is 132 Å². The summed E-state index contributed by atoms with van der Waals surface area (Å²) in [5.41, 5.74) is 6.52. The van der Waals surface area contributed by atoms with Gasteiger partial charge in [0.25, 0.3) is 0 Å². The fraction of sp³-hybridized carbons (Fsp3) is 0.0625. The lowest BCUT2D eigenvalue weighted by Gasteiger charge is -2.26. The minimum Gasteiger partial charge on any atom is -0.420 e. The number of aromatic nitrogens is 6. The van der Waals surface area contributed by atoms with Gasteiger partial charge in [0.05, 0.1) is 28.4 Å². The highest BCUT2D eigenvalue weighted by atomic mass is 16.5. The molecule has 0 N–H and O–H groups in total. The molecule has 0 amide bonds. The van der Waals surface area contributed by atoms with E-state index in [0.29, 0.717) is 23.2 Å². The molecule has 39 heavy (non-hydrogen) atoms. The molecule has 4 aromatic carbocycles. The Morgan fingerprint density at radius 3 is 2.33 bits per heavy atom. The number of fused-ring (bicyclic) bond motifs is 5. The third kappa shape index (κ3) is 3.30. The molecule has 0 aliphatic carbocycles. The van der Waals surface area contributed by atoms with Gasteiger partial charge in [0.1, 0.15) is 6.33 Å². The van der Waals surface area contributed by atoms with E-state index in [1.807, 2.05) is 66.2 Å². The summed E-state index contributed by atoms with van der Waals surface area (Å²) >= 11 is 0. The summed E-state index contributed by atoms with van der Waals surface area (Å²) in [4.78, 5) is 9.83. The summed E-state index contributed by atoms with van der Waals surface area (Å²) in [6, 6.07) is 34.9. The van der Waals surface area contributed by atoms with Crippen LogP contribution < -0.4 is 4.74 Å². The number of aryl methyl sites for hydroxylation is 1. The van der Waals surface area contributed by atoms with Gasteiger partial charge in [-0.25, -0.2) is 19.2 Å². The zero-order valence-electron chi connectivity index (χ0n) is 21.1. The molecule has 0 saturated heterocycles. The highest BCUT2D eigenvalue weighted by molar-refractivity contribution is 5.95. The maximum atomic E-state index is 6.54. The van der Waals surface area contributed by atoms with Crippen LogP contribution in [0.15, 0.2) is 109 Å². The number of nitrogens with zero attached hydrogens (tertiary/aromatic N) is 6. The zero-order chi connectivity index (χ0) is 25.9. The maximum Gasteiger partial charge on any atom is 0.230 e. The molecular formula is C32H22N6O. The summed E-state index contributed by atoms with van der Waals surface area (Å²) in [6.07, 6.45) is 1.68. The Morgan fingerprint density at radius 2 is 1.49 bits per heavy atom. The Balaban J connectivity index is 1.38. The average Bonchev–Trinajstić information content (AvgIpc) is 3.58. The molecule has 1 aliphatic rings. The van der Waals surface area contributed by atoms with Gasteiger partial charge in [-0.3, -0.25) is 0 Å². The molecule has 0 fully saturated rings. The van der Waals surface area contributed by atoms with Crippen LogP contribution in [0.3, 0.4) is 0 Å². The quantitative estimate of drug-likeness (QED) is 0.266. The zero-order valence-corrected chi connectivity index (χ0v) is 21.1. The van der Waals surface area contributed by atoms with E-state index in [0.717, 1.165) is 44.4 Å². The molecule has 0 radical (unpaired) electrons. The second-order valence-electron chi connectivity index (χ2n) is 9.69. The Kier molecular flexibility index (Phi) is 4.66. The molecule has 186 valence electrons. The molecule has 1 aliphatic heterocycles. The summed E-state index contributed by atoms with van der Waals surface area (Å²) in [6.45, 7) is 2.03. The fourth-order valence-electron chi connectivity index (χ4n) is 5.64. The van der Waals surface area contributed by atoms with Crippen LogP contribution >= 0.6 is 0 Å². The average molecular weight is 507 g/mol. The van der Waals surface area contributed by atoms with Crippen LogP contribution in [0.5, 0.6) is 11.8 Å². The molecule has 7 heteroatoms. The van der Waals surface area contributed by atoms with Crippen molar-refractivity contribution in [1.82, 2.24) is 29.4 Å². The summed E-state index contributed by atoms with van der Waals surface area (Å²) in [7, 11) is 0. The van der Waals surface area contributed by atoms with E-state index in [1.165, 1.54) is 0 Å². The first-order chi connectivity index (χ1) is 19.3. The van der Waals surface area contributed by atoms with E-state index in [9.17, 15) is 0 Å². The van der Waals surface area contributed by atoms with E-state index in [-0.39, 0.29) is 5.92 Å². The van der Waals surface area contributed by atoms with E-state index >= 15 is 0 Å². The Morgan fingerprint density at radius 1 is 0.744 bits per heavy atom. The molecular weight excluding hydrogens is 484 g/mol. The van der Waals surface area contributed by atoms with Crippen LogP contribution in [0.2, 0.25) is 0 Å². The number of benzene rings is 4. The van der Waals surface area contributed by atoms with E-state index < -0.39 is 0 Å². The molecule has 8 rings (SSSR count). The molecule has 7 nitrogen and oxygen atoms in total. The van der Waals surface area contributed by atoms with Crippen molar-refractivity contribution in [3.8, 4) is 28.8 Å². The number of ether oxygens (including phenoxy) is 1. The van der Waals surface area contributed by atoms with Crippen LogP contribution in [0.4, 0.5) is 0 Å². The summed E-state index contributed by atoms with van der Waals surface area (Å²) < 4.78 is 10.2. The summed E-state index contributed by atoms with van der Waals surface area (Å²) in [5.74, 6) is 1.66. The molecule has 1 atom stereocenters. The Hall–Kier alpha value is -5.30.